The number of hydrogen-bond donors (Lipinski definition) is 4. The highest BCUT2D eigenvalue weighted by molar-refractivity contribution is 5.95. The predicted molar refractivity (Wildman–Crippen MR) is 69.7 cm³/mol. The zero-order valence-corrected chi connectivity index (χ0v) is 10.9. The van der Waals surface area contributed by atoms with Crippen LogP contribution in [0, 0.1) is 5.92 Å². The number of nitrogens with one attached hydrogen (secondary N) is 2. The van der Waals surface area contributed by atoms with Crippen molar-refractivity contribution in [1.82, 2.24) is 10.9 Å². The summed E-state index contributed by atoms with van der Waals surface area (Å²) in [5, 5.41) is 17.6. The fourth-order valence-corrected chi connectivity index (χ4v) is 1.55. The molecule has 1 rings (SSSR count). The summed E-state index contributed by atoms with van der Waals surface area (Å²) in [4.78, 5) is 33.5. The lowest BCUT2D eigenvalue weighted by molar-refractivity contribution is -0.138. The lowest BCUT2D eigenvalue weighted by Gasteiger charge is -2.10. The number of aliphatic carboxylic acids is 1. The summed E-state index contributed by atoms with van der Waals surface area (Å²) >= 11 is 0. The molecule has 0 aliphatic heterocycles. The third-order valence-corrected chi connectivity index (χ3v) is 2.50. The maximum absolute atomic E-state index is 11.6. The first-order chi connectivity index (χ1) is 9.38. The SMILES string of the molecule is CC(CC(=O)O)CC(=O)NNC(=O)c1ccc(O)cc1. The second kappa shape index (κ2) is 7.13. The van der Waals surface area contributed by atoms with Crippen molar-refractivity contribution in [3.63, 3.8) is 0 Å². The van der Waals surface area contributed by atoms with Crippen molar-refractivity contribution in [3.05, 3.63) is 29.8 Å². The first-order valence-electron chi connectivity index (χ1n) is 5.98. The van der Waals surface area contributed by atoms with E-state index in [9.17, 15) is 14.4 Å². The minimum atomic E-state index is -0.974. The second-order valence-corrected chi connectivity index (χ2v) is 4.46. The summed E-state index contributed by atoms with van der Waals surface area (Å²) in [7, 11) is 0. The number of amides is 2. The Balaban J connectivity index is 2.39. The maximum atomic E-state index is 11.6. The Bertz CT molecular complexity index is 498. The Morgan fingerprint density at radius 2 is 1.70 bits per heavy atom. The van der Waals surface area contributed by atoms with Crippen molar-refractivity contribution >= 4 is 17.8 Å². The van der Waals surface area contributed by atoms with Crippen LogP contribution in [-0.2, 0) is 9.59 Å². The van der Waals surface area contributed by atoms with E-state index in [-0.39, 0.29) is 30.1 Å². The van der Waals surface area contributed by atoms with Crippen molar-refractivity contribution in [3.8, 4) is 5.75 Å². The topological polar surface area (TPSA) is 116 Å². The van der Waals surface area contributed by atoms with Gasteiger partial charge in [-0.3, -0.25) is 25.2 Å². The quantitative estimate of drug-likeness (QED) is 0.591. The molecule has 0 aliphatic carbocycles. The summed E-state index contributed by atoms with van der Waals surface area (Å²) in [6.45, 7) is 1.63. The minimum Gasteiger partial charge on any atom is -0.508 e. The predicted octanol–water partition coefficient (Wildman–Crippen LogP) is 0.654. The Kier molecular flexibility index (Phi) is 5.52. The zero-order chi connectivity index (χ0) is 15.1. The highest BCUT2D eigenvalue weighted by atomic mass is 16.4. The smallest absolute Gasteiger partial charge is 0.303 e. The summed E-state index contributed by atoms with van der Waals surface area (Å²) in [5.74, 6) is -2.25. The van der Waals surface area contributed by atoms with E-state index in [1.54, 1.807) is 6.92 Å². The highest BCUT2D eigenvalue weighted by Gasteiger charge is 2.13. The summed E-state index contributed by atoms with van der Waals surface area (Å²) < 4.78 is 0. The third kappa shape index (κ3) is 5.38. The number of carbonyl (C=O) groups is 3. The third-order valence-electron chi connectivity index (χ3n) is 2.50. The Morgan fingerprint density at radius 1 is 1.10 bits per heavy atom. The molecule has 108 valence electrons. The van der Waals surface area contributed by atoms with E-state index in [0.29, 0.717) is 0 Å². The Hall–Kier alpha value is -2.57. The molecule has 1 aromatic carbocycles. The monoisotopic (exact) mass is 280 g/mol. The molecule has 0 radical (unpaired) electrons. The fraction of sp³-hybridized carbons (Fsp3) is 0.308. The molecule has 7 heteroatoms. The van der Waals surface area contributed by atoms with E-state index in [4.69, 9.17) is 10.2 Å². The first kappa shape index (κ1) is 15.5. The van der Waals surface area contributed by atoms with Crippen LogP contribution >= 0.6 is 0 Å². The van der Waals surface area contributed by atoms with E-state index in [2.05, 4.69) is 10.9 Å². The summed E-state index contributed by atoms with van der Waals surface area (Å²) in [6, 6.07) is 5.52. The van der Waals surface area contributed by atoms with Crippen LogP contribution in [-0.4, -0.2) is 28.0 Å². The highest BCUT2D eigenvalue weighted by Crippen LogP contribution is 2.09. The maximum Gasteiger partial charge on any atom is 0.303 e. The number of rotatable bonds is 5. The molecule has 1 aromatic rings. The van der Waals surface area contributed by atoms with Crippen LogP contribution in [0.1, 0.15) is 30.1 Å². The number of aromatic hydroxyl groups is 1. The van der Waals surface area contributed by atoms with Crippen molar-refractivity contribution in [2.45, 2.75) is 19.8 Å². The Morgan fingerprint density at radius 3 is 2.25 bits per heavy atom. The number of hydrogen-bond acceptors (Lipinski definition) is 4. The molecule has 1 atom stereocenters. The zero-order valence-electron chi connectivity index (χ0n) is 10.9. The van der Waals surface area contributed by atoms with Gasteiger partial charge in [-0.05, 0) is 30.2 Å². The molecule has 4 N–H and O–H groups in total. The average molecular weight is 280 g/mol. The molecule has 0 heterocycles. The van der Waals surface area contributed by atoms with Gasteiger partial charge in [-0.15, -0.1) is 0 Å². The molecule has 2 amide bonds. The number of benzene rings is 1. The van der Waals surface area contributed by atoms with Gasteiger partial charge in [-0.2, -0.15) is 0 Å². The van der Waals surface area contributed by atoms with Crippen LogP contribution in [0.25, 0.3) is 0 Å². The average Bonchev–Trinajstić information content (AvgIpc) is 2.35. The minimum absolute atomic E-state index is 0.00214. The number of carboxylic acids is 1. The van der Waals surface area contributed by atoms with Crippen LogP contribution in [0.2, 0.25) is 0 Å². The molecule has 0 spiro atoms. The van der Waals surface area contributed by atoms with Crippen LogP contribution in [0.15, 0.2) is 24.3 Å². The summed E-state index contributed by atoms with van der Waals surface area (Å²) in [5.41, 5.74) is 4.69. The van der Waals surface area contributed by atoms with Gasteiger partial charge < -0.3 is 10.2 Å². The largest absolute Gasteiger partial charge is 0.508 e. The molecule has 1 unspecified atom stereocenters. The van der Waals surface area contributed by atoms with E-state index in [1.165, 1.54) is 24.3 Å². The van der Waals surface area contributed by atoms with E-state index in [1.807, 2.05) is 0 Å². The molecule has 0 aromatic heterocycles. The molecule has 0 saturated heterocycles. The second-order valence-electron chi connectivity index (χ2n) is 4.46. The van der Waals surface area contributed by atoms with Gasteiger partial charge in [0.15, 0.2) is 0 Å². The van der Waals surface area contributed by atoms with Gasteiger partial charge in [0.2, 0.25) is 5.91 Å². The first-order valence-corrected chi connectivity index (χ1v) is 5.98. The van der Waals surface area contributed by atoms with Crippen LogP contribution in [0.5, 0.6) is 5.75 Å². The van der Waals surface area contributed by atoms with Gasteiger partial charge >= 0.3 is 5.97 Å². The Labute approximate surface area is 115 Å². The molecule has 0 aliphatic rings. The van der Waals surface area contributed by atoms with Crippen LogP contribution in [0.4, 0.5) is 0 Å². The van der Waals surface area contributed by atoms with Crippen LogP contribution in [0.3, 0.4) is 0 Å². The van der Waals surface area contributed by atoms with Crippen molar-refractivity contribution in [2.75, 3.05) is 0 Å². The summed E-state index contributed by atoms with van der Waals surface area (Å²) in [6.07, 6.45) is -0.110. The number of carboxylic acid groups (broad SMARTS) is 1. The standard InChI is InChI=1S/C13H16N2O5/c1-8(7-12(18)19)6-11(17)14-15-13(20)9-2-4-10(16)5-3-9/h2-5,8,16H,6-7H2,1H3,(H,14,17)(H,15,20)(H,18,19). The number of phenolic OH excluding ortho intramolecular Hbond substituents is 1. The van der Waals surface area contributed by atoms with Crippen molar-refractivity contribution in [1.29, 1.82) is 0 Å². The van der Waals surface area contributed by atoms with Gasteiger partial charge in [-0.1, -0.05) is 6.92 Å². The molecule has 20 heavy (non-hydrogen) atoms. The molecule has 0 fully saturated rings. The molecular weight excluding hydrogens is 264 g/mol. The molecule has 7 nitrogen and oxygen atoms in total. The normalized spacial score (nSPS) is 11.4. The molecule has 0 saturated carbocycles. The van der Waals surface area contributed by atoms with E-state index in [0.717, 1.165) is 0 Å². The number of carbonyl (C=O) groups excluding carboxylic acids is 2. The lowest BCUT2D eigenvalue weighted by atomic mass is 10.0. The fourth-order valence-electron chi connectivity index (χ4n) is 1.55. The van der Waals surface area contributed by atoms with Gasteiger partial charge in [0, 0.05) is 18.4 Å². The molecular formula is C13H16N2O5. The van der Waals surface area contributed by atoms with Gasteiger partial charge in [0.05, 0.1) is 0 Å². The van der Waals surface area contributed by atoms with Gasteiger partial charge in [-0.25, -0.2) is 0 Å². The van der Waals surface area contributed by atoms with Crippen molar-refractivity contribution in [2.24, 2.45) is 5.92 Å². The van der Waals surface area contributed by atoms with Gasteiger partial charge in [0.1, 0.15) is 5.75 Å². The van der Waals surface area contributed by atoms with Crippen LogP contribution < -0.4 is 10.9 Å². The van der Waals surface area contributed by atoms with E-state index >= 15 is 0 Å². The lowest BCUT2D eigenvalue weighted by Crippen LogP contribution is -2.42. The number of phenols is 1. The molecule has 0 bridgehead atoms. The van der Waals surface area contributed by atoms with Crippen molar-refractivity contribution < 1.29 is 24.6 Å². The number of hydrazine groups is 1. The van der Waals surface area contributed by atoms with Gasteiger partial charge in [0.25, 0.3) is 5.91 Å². The van der Waals surface area contributed by atoms with E-state index < -0.39 is 17.8 Å².